The van der Waals surface area contributed by atoms with E-state index < -0.39 is 5.91 Å². The van der Waals surface area contributed by atoms with Crippen LogP contribution >= 0.6 is 35.4 Å². The van der Waals surface area contributed by atoms with Gasteiger partial charge in [-0.3, -0.25) is 15.0 Å². The number of carbonyl (C=O) groups is 1. The van der Waals surface area contributed by atoms with Gasteiger partial charge < -0.3 is 10.3 Å². The van der Waals surface area contributed by atoms with Crippen molar-refractivity contribution in [1.82, 2.24) is 24.6 Å². The van der Waals surface area contributed by atoms with Gasteiger partial charge in [0.1, 0.15) is 12.9 Å². The summed E-state index contributed by atoms with van der Waals surface area (Å²) in [6.45, 7) is 1.53. The molecule has 0 spiro atoms. The number of halogens is 2. The van der Waals surface area contributed by atoms with Gasteiger partial charge >= 0.3 is 0 Å². The van der Waals surface area contributed by atoms with E-state index in [0.717, 1.165) is 4.52 Å². The minimum Gasteiger partial charge on any atom is -0.374 e. The zero-order chi connectivity index (χ0) is 19.7. The molecule has 3 N–H and O–H groups in total. The summed E-state index contributed by atoms with van der Waals surface area (Å²) < 4.78 is 2.63. The molecule has 3 aromatic rings. The zero-order valence-corrected chi connectivity index (χ0v) is 16.2. The molecule has 0 saturated carbocycles. The Kier molecular flexibility index (Phi) is 5.31. The van der Waals surface area contributed by atoms with Crippen molar-refractivity contribution in [3.05, 3.63) is 56.7 Å². The summed E-state index contributed by atoms with van der Waals surface area (Å²) in [6, 6.07) is 6.02. The fourth-order valence-corrected chi connectivity index (χ4v) is 3.08. The summed E-state index contributed by atoms with van der Waals surface area (Å²) in [5.74, 6) is -0.230. The van der Waals surface area contributed by atoms with Crippen LogP contribution < -0.4 is 21.7 Å². The van der Waals surface area contributed by atoms with E-state index in [4.69, 9.17) is 41.2 Å². The first-order chi connectivity index (χ1) is 12.8. The fraction of sp³-hybridized carbons (Fsp3) is 0.133. The van der Waals surface area contributed by atoms with Gasteiger partial charge in [0.05, 0.1) is 10.7 Å². The largest absolute Gasteiger partial charge is 0.374 e. The predicted molar refractivity (Wildman–Crippen MR) is 106 cm³/mol. The van der Waals surface area contributed by atoms with Crippen LogP contribution in [0.15, 0.2) is 35.4 Å². The lowest BCUT2D eigenvalue weighted by molar-refractivity contribution is -0.121. The van der Waals surface area contributed by atoms with E-state index in [0.29, 0.717) is 16.4 Å². The molecule has 0 aliphatic rings. The number of anilines is 1. The van der Waals surface area contributed by atoms with E-state index in [1.54, 1.807) is 19.1 Å². The van der Waals surface area contributed by atoms with Crippen LogP contribution in [0.25, 0.3) is 5.78 Å². The molecule has 1 aromatic carbocycles. The Morgan fingerprint density at radius 2 is 2.11 bits per heavy atom. The molecule has 0 aliphatic heterocycles. The van der Waals surface area contributed by atoms with E-state index in [2.05, 4.69) is 15.5 Å². The van der Waals surface area contributed by atoms with Crippen molar-refractivity contribution in [3.8, 4) is 0 Å². The predicted octanol–water partition coefficient (Wildman–Crippen LogP) is 1.29. The molecule has 3 rings (SSSR count). The number of nitrogens with zero attached hydrogens (tertiary/aromatic N) is 5. The molecule has 0 fully saturated rings. The number of thiocarbonyl (C=S) groups is 1. The smallest absolute Gasteiger partial charge is 0.275 e. The van der Waals surface area contributed by atoms with Gasteiger partial charge in [-0.15, -0.1) is 0 Å². The molecule has 0 aliphatic carbocycles. The van der Waals surface area contributed by atoms with Crippen LogP contribution in [-0.2, 0) is 11.3 Å². The lowest BCUT2D eigenvalue weighted by Crippen LogP contribution is -2.50. The second-order valence-corrected chi connectivity index (χ2v) is 6.75. The first-order valence-corrected chi connectivity index (χ1v) is 8.68. The molecule has 2 heterocycles. The normalized spacial score (nSPS) is 10.8. The lowest BCUT2D eigenvalue weighted by Gasteiger charge is -2.25. The van der Waals surface area contributed by atoms with Crippen molar-refractivity contribution in [3.63, 3.8) is 0 Å². The first kappa shape index (κ1) is 19.1. The number of fused-ring (bicyclic) bond motifs is 1. The maximum atomic E-state index is 12.6. The Balaban J connectivity index is 1.89. The maximum absolute atomic E-state index is 12.6. The Morgan fingerprint density at radius 3 is 2.78 bits per heavy atom. The minimum absolute atomic E-state index is 0.114. The Hall–Kier alpha value is -2.69. The minimum atomic E-state index is -0.467. The van der Waals surface area contributed by atoms with Crippen LogP contribution in [0, 0.1) is 6.92 Å². The molecule has 140 valence electrons. The van der Waals surface area contributed by atoms with Gasteiger partial charge in [-0.2, -0.15) is 14.6 Å². The third-order valence-electron chi connectivity index (χ3n) is 3.65. The van der Waals surface area contributed by atoms with Gasteiger partial charge in [-0.1, -0.05) is 23.2 Å². The second kappa shape index (κ2) is 7.51. The second-order valence-electron chi connectivity index (χ2n) is 5.49. The van der Waals surface area contributed by atoms with Gasteiger partial charge in [0.2, 0.25) is 5.78 Å². The number of hydrogen-bond acceptors (Lipinski definition) is 5. The Morgan fingerprint density at radius 1 is 1.37 bits per heavy atom. The molecule has 0 saturated heterocycles. The van der Waals surface area contributed by atoms with E-state index in [1.807, 2.05) is 0 Å². The van der Waals surface area contributed by atoms with E-state index in [1.165, 1.54) is 28.0 Å². The van der Waals surface area contributed by atoms with Crippen LogP contribution in [0.3, 0.4) is 0 Å². The molecule has 0 atom stereocenters. The highest BCUT2D eigenvalue weighted by molar-refractivity contribution is 7.80. The van der Waals surface area contributed by atoms with Crippen molar-refractivity contribution in [2.24, 2.45) is 5.73 Å². The number of nitrogens with one attached hydrogen (secondary N) is 1. The highest BCUT2D eigenvalue weighted by atomic mass is 35.5. The number of carbonyl (C=O) groups excluding carboxylic acids is 1. The molecule has 9 nitrogen and oxygen atoms in total. The van der Waals surface area contributed by atoms with Crippen molar-refractivity contribution in [2.75, 3.05) is 5.01 Å². The molecule has 0 bridgehead atoms. The number of aryl methyl sites for hydroxylation is 1. The van der Waals surface area contributed by atoms with Crippen molar-refractivity contribution in [1.29, 1.82) is 0 Å². The first-order valence-electron chi connectivity index (χ1n) is 7.52. The highest BCUT2D eigenvalue weighted by Gasteiger charge is 2.18. The molecule has 0 unspecified atom stereocenters. The van der Waals surface area contributed by atoms with Gasteiger partial charge in [0, 0.05) is 16.8 Å². The number of nitrogens with two attached hydrogens (primary N) is 1. The van der Waals surface area contributed by atoms with Crippen molar-refractivity contribution in [2.45, 2.75) is 13.5 Å². The maximum Gasteiger partial charge on any atom is 0.275 e. The Labute approximate surface area is 168 Å². The number of hydrogen-bond donors (Lipinski definition) is 2. The van der Waals surface area contributed by atoms with Gasteiger partial charge in [-0.25, -0.2) is 5.01 Å². The number of rotatable bonds is 3. The van der Waals surface area contributed by atoms with E-state index in [9.17, 15) is 9.59 Å². The average Bonchev–Trinajstić information content (AvgIpc) is 3.07. The molecule has 1 amide bonds. The number of benzene rings is 1. The molecular formula is C15H13Cl2N7O2S. The molecule has 0 radical (unpaired) electrons. The summed E-state index contributed by atoms with van der Waals surface area (Å²) in [4.78, 5) is 28.5. The Bertz CT molecular complexity index is 1110. The monoisotopic (exact) mass is 425 g/mol. The van der Waals surface area contributed by atoms with Crippen LogP contribution in [0.5, 0.6) is 0 Å². The molecular weight excluding hydrogens is 413 g/mol. The van der Waals surface area contributed by atoms with Gasteiger partial charge in [0.15, 0.2) is 5.11 Å². The van der Waals surface area contributed by atoms with E-state index >= 15 is 0 Å². The van der Waals surface area contributed by atoms with Gasteiger partial charge in [0.25, 0.3) is 11.5 Å². The lowest BCUT2D eigenvalue weighted by atomic mass is 10.3. The fourth-order valence-electron chi connectivity index (χ4n) is 2.45. The van der Waals surface area contributed by atoms with Crippen LogP contribution in [0.1, 0.15) is 5.69 Å². The molecule has 2 aromatic heterocycles. The summed E-state index contributed by atoms with van der Waals surface area (Å²) in [7, 11) is 0. The quantitative estimate of drug-likeness (QED) is 0.480. The summed E-state index contributed by atoms with van der Waals surface area (Å²) in [5, 5.41) is 5.59. The van der Waals surface area contributed by atoms with Crippen LogP contribution in [-0.4, -0.2) is 30.2 Å². The standard InChI is InChI=1S/C15H13Cl2N7O2S/c1-8-4-13(26)24-15(19-7-20-24)22(8)6-12(25)21-23(14(18)27)11-3-2-9(16)5-10(11)17/h2-5,7H,6H2,1H3,(H2,18,27)(H,21,25). The average molecular weight is 426 g/mol. The molecule has 27 heavy (non-hydrogen) atoms. The SMILES string of the molecule is Cc1cc(=O)n2ncnc2n1CC(=O)NN(C(N)=S)c1ccc(Cl)cc1Cl. The number of amides is 1. The number of hydrazine groups is 1. The summed E-state index contributed by atoms with van der Waals surface area (Å²) in [6.07, 6.45) is 1.24. The van der Waals surface area contributed by atoms with Gasteiger partial charge in [-0.05, 0) is 37.3 Å². The highest BCUT2D eigenvalue weighted by Crippen LogP contribution is 2.27. The van der Waals surface area contributed by atoms with Crippen LogP contribution in [0.2, 0.25) is 10.0 Å². The third kappa shape index (κ3) is 3.87. The van der Waals surface area contributed by atoms with E-state index in [-0.39, 0.29) is 28.0 Å². The summed E-state index contributed by atoms with van der Waals surface area (Å²) >= 11 is 17.1. The van der Waals surface area contributed by atoms with Crippen LogP contribution in [0.4, 0.5) is 5.69 Å². The van der Waals surface area contributed by atoms with Crippen molar-refractivity contribution >= 4 is 57.9 Å². The van der Waals surface area contributed by atoms with Crippen molar-refractivity contribution < 1.29 is 4.79 Å². The zero-order valence-electron chi connectivity index (χ0n) is 13.9. The third-order valence-corrected chi connectivity index (χ3v) is 4.37. The topological polar surface area (TPSA) is 111 Å². The summed E-state index contributed by atoms with van der Waals surface area (Å²) in [5.41, 5.74) is 8.87. The number of aromatic nitrogens is 4. The molecule has 12 heteroatoms.